The van der Waals surface area contributed by atoms with Crippen molar-refractivity contribution in [3.05, 3.63) is 51.0 Å². The van der Waals surface area contributed by atoms with Gasteiger partial charge in [0.05, 0.1) is 4.92 Å². The van der Waals surface area contributed by atoms with Gasteiger partial charge in [0, 0.05) is 24.8 Å². The van der Waals surface area contributed by atoms with Gasteiger partial charge >= 0.3 is 0 Å². The number of nitrogens with zero attached hydrogens (tertiary/aromatic N) is 3. The molecule has 0 aliphatic carbocycles. The Labute approximate surface area is 136 Å². The zero-order valence-electron chi connectivity index (χ0n) is 12.3. The summed E-state index contributed by atoms with van der Waals surface area (Å²) in [4.78, 5) is 22.0. The molecule has 1 aromatic carbocycles. The van der Waals surface area contributed by atoms with E-state index in [9.17, 15) is 14.9 Å². The third-order valence-corrected chi connectivity index (χ3v) is 3.45. The van der Waals surface area contributed by atoms with Gasteiger partial charge in [-0.1, -0.05) is 23.5 Å². The maximum absolute atomic E-state index is 11.8. The molecule has 0 saturated carbocycles. The molecule has 1 aromatic heterocycles. The number of nitro groups is 1. The highest BCUT2D eigenvalue weighted by molar-refractivity contribution is 7.15. The molecule has 23 heavy (non-hydrogen) atoms. The Morgan fingerprint density at radius 2 is 2.30 bits per heavy atom. The number of carbonyl (C=O) groups excluding carboxylic acids is 1. The van der Waals surface area contributed by atoms with Crippen LogP contribution in [0.1, 0.15) is 17.5 Å². The summed E-state index contributed by atoms with van der Waals surface area (Å²) in [6, 6.07) is 6.00. The first kappa shape index (κ1) is 16.7. The van der Waals surface area contributed by atoms with Gasteiger partial charge in [-0.15, -0.1) is 10.2 Å². The summed E-state index contributed by atoms with van der Waals surface area (Å²) in [5, 5.41) is 22.0. The molecule has 0 atom stereocenters. The molecule has 120 valence electrons. The summed E-state index contributed by atoms with van der Waals surface area (Å²) in [6.07, 6.45) is 2.77. The Kier molecular flexibility index (Phi) is 5.89. The van der Waals surface area contributed by atoms with E-state index in [0.717, 1.165) is 0 Å². The normalized spacial score (nSPS) is 10.8. The Morgan fingerprint density at radius 3 is 3.04 bits per heavy atom. The lowest BCUT2D eigenvalue weighted by molar-refractivity contribution is -0.384. The van der Waals surface area contributed by atoms with Crippen molar-refractivity contribution in [1.82, 2.24) is 10.2 Å². The van der Waals surface area contributed by atoms with Crippen molar-refractivity contribution >= 4 is 34.1 Å². The monoisotopic (exact) mass is 334 g/mol. The Morgan fingerprint density at radius 1 is 1.48 bits per heavy atom. The number of nitrogens with one attached hydrogen (secondary N) is 1. The average Bonchev–Trinajstić information content (AvgIpc) is 2.98. The maximum Gasteiger partial charge on any atom is 0.270 e. The van der Waals surface area contributed by atoms with Crippen LogP contribution in [0.3, 0.4) is 0 Å². The van der Waals surface area contributed by atoms with Crippen LogP contribution >= 0.6 is 11.3 Å². The Balaban J connectivity index is 1.95. The van der Waals surface area contributed by atoms with E-state index in [4.69, 9.17) is 4.74 Å². The van der Waals surface area contributed by atoms with E-state index in [1.807, 2.05) is 6.92 Å². The van der Waals surface area contributed by atoms with Crippen molar-refractivity contribution in [2.75, 3.05) is 11.9 Å². The second kappa shape index (κ2) is 8.11. The van der Waals surface area contributed by atoms with E-state index in [-0.39, 0.29) is 5.69 Å². The number of hydrogen-bond donors (Lipinski definition) is 1. The first-order valence-corrected chi connectivity index (χ1v) is 7.53. The SMILES string of the molecule is CCOCc1nnc(NC(=O)/C=C/c2cccc([N+](=O)[O-])c2)s1. The lowest BCUT2D eigenvalue weighted by atomic mass is 10.2. The predicted molar refractivity (Wildman–Crippen MR) is 86.0 cm³/mol. The number of hydrogen-bond acceptors (Lipinski definition) is 7. The minimum atomic E-state index is -0.488. The summed E-state index contributed by atoms with van der Waals surface area (Å²) < 4.78 is 5.20. The number of non-ortho nitro benzene ring substituents is 1. The maximum atomic E-state index is 11.8. The number of ether oxygens (including phenoxy) is 1. The van der Waals surface area contributed by atoms with E-state index < -0.39 is 10.8 Å². The highest BCUT2D eigenvalue weighted by atomic mass is 32.1. The molecular formula is C14H14N4O4S. The second-order valence-electron chi connectivity index (χ2n) is 4.31. The zero-order valence-corrected chi connectivity index (χ0v) is 13.1. The smallest absolute Gasteiger partial charge is 0.270 e. The van der Waals surface area contributed by atoms with Crippen molar-refractivity contribution in [3.63, 3.8) is 0 Å². The van der Waals surface area contributed by atoms with E-state index >= 15 is 0 Å². The van der Waals surface area contributed by atoms with Crippen LogP contribution in [0.5, 0.6) is 0 Å². The molecule has 0 radical (unpaired) electrons. The molecule has 1 N–H and O–H groups in total. The first-order chi connectivity index (χ1) is 11.1. The van der Waals surface area contributed by atoms with Crippen molar-refractivity contribution in [1.29, 1.82) is 0 Å². The average molecular weight is 334 g/mol. The molecule has 1 heterocycles. The topological polar surface area (TPSA) is 107 Å². The van der Waals surface area contributed by atoms with Crippen LogP contribution in [-0.4, -0.2) is 27.6 Å². The van der Waals surface area contributed by atoms with Crippen LogP contribution < -0.4 is 5.32 Å². The minimum absolute atomic E-state index is 0.0303. The third kappa shape index (κ3) is 5.24. The molecule has 9 heteroatoms. The predicted octanol–water partition coefficient (Wildman–Crippen LogP) is 2.63. The summed E-state index contributed by atoms with van der Waals surface area (Å²) in [7, 11) is 0. The fraction of sp³-hybridized carbons (Fsp3) is 0.214. The summed E-state index contributed by atoms with van der Waals surface area (Å²) in [5.41, 5.74) is 0.529. The van der Waals surface area contributed by atoms with Gasteiger partial charge < -0.3 is 4.74 Å². The van der Waals surface area contributed by atoms with Crippen LogP contribution in [0.25, 0.3) is 6.08 Å². The highest BCUT2D eigenvalue weighted by Gasteiger charge is 2.07. The summed E-state index contributed by atoms with van der Waals surface area (Å²) in [6.45, 7) is 2.81. The van der Waals surface area contributed by atoms with Gasteiger partial charge in [-0.25, -0.2) is 0 Å². The van der Waals surface area contributed by atoms with E-state index in [1.54, 1.807) is 12.1 Å². The van der Waals surface area contributed by atoms with Gasteiger partial charge in [-0.3, -0.25) is 20.2 Å². The van der Waals surface area contributed by atoms with Gasteiger partial charge in [0.25, 0.3) is 5.69 Å². The van der Waals surface area contributed by atoms with E-state index in [0.29, 0.717) is 28.9 Å². The molecule has 2 rings (SSSR count). The van der Waals surface area contributed by atoms with Gasteiger partial charge in [0.15, 0.2) is 0 Å². The summed E-state index contributed by atoms with van der Waals surface area (Å²) >= 11 is 1.23. The largest absolute Gasteiger partial charge is 0.374 e. The number of carbonyl (C=O) groups is 1. The van der Waals surface area contributed by atoms with E-state index in [1.165, 1.54) is 35.6 Å². The van der Waals surface area contributed by atoms with E-state index in [2.05, 4.69) is 15.5 Å². The molecule has 0 unspecified atom stereocenters. The van der Waals surface area contributed by atoms with Crippen molar-refractivity contribution in [3.8, 4) is 0 Å². The van der Waals surface area contributed by atoms with Gasteiger partial charge in [-0.2, -0.15) is 0 Å². The molecule has 0 aliphatic rings. The highest BCUT2D eigenvalue weighted by Crippen LogP contribution is 2.17. The van der Waals surface area contributed by atoms with Gasteiger partial charge in [0.2, 0.25) is 11.0 Å². The number of anilines is 1. The van der Waals surface area contributed by atoms with Crippen molar-refractivity contribution < 1.29 is 14.5 Å². The number of nitro benzene ring substituents is 1. The molecule has 0 aliphatic heterocycles. The first-order valence-electron chi connectivity index (χ1n) is 6.72. The molecule has 0 saturated heterocycles. The van der Waals surface area contributed by atoms with Crippen LogP contribution in [0.15, 0.2) is 30.3 Å². The van der Waals surface area contributed by atoms with Crippen LogP contribution in [0.2, 0.25) is 0 Å². The fourth-order valence-electron chi connectivity index (χ4n) is 1.61. The zero-order chi connectivity index (χ0) is 16.7. The second-order valence-corrected chi connectivity index (χ2v) is 5.37. The van der Waals surface area contributed by atoms with Crippen molar-refractivity contribution in [2.24, 2.45) is 0 Å². The molecule has 1 amide bonds. The number of benzene rings is 1. The Hall–Kier alpha value is -2.65. The molecular weight excluding hydrogens is 320 g/mol. The van der Waals surface area contributed by atoms with Gasteiger partial charge in [-0.05, 0) is 18.6 Å². The molecule has 8 nitrogen and oxygen atoms in total. The summed E-state index contributed by atoms with van der Waals surface area (Å²) in [5.74, 6) is -0.393. The molecule has 2 aromatic rings. The minimum Gasteiger partial charge on any atom is -0.374 e. The van der Waals surface area contributed by atoms with Crippen LogP contribution in [0, 0.1) is 10.1 Å². The van der Waals surface area contributed by atoms with Crippen LogP contribution in [-0.2, 0) is 16.1 Å². The standard InChI is InChI=1S/C14H14N4O4S/c1-2-22-9-13-16-17-14(23-13)15-12(19)7-6-10-4-3-5-11(8-10)18(20)21/h3-8H,2,9H2,1H3,(H,15,17,19)/b7-6+. The molecule has 0 bridgehead atoms. The van der Waals surface area contributed by atoms with Crippen LogP contribution in [0.4, 0.5) is 10.8 Å². The quantitative estimate of drug-likeness (QED) is 0.474. The lowest BCUT2D eigenvalue weighted by Gasteiger charge is -1.96. The number of amides is 1. The fourth-order valence-corrected chi connectivity index (χ4v) is 2.29. The van der Waals surface area contributed by atoms with Gasteiger partial charge in [0.1, 0.15) is 11.6 Å². The Bertz CT molecular complexity index is 729. The van der Waals surface area contributed by atoms with Crippen molar-refractivity contribution in [2.45, 2.75) is 13.5 Å². The lowest BCUT2D eigenvalue weighted by Crippen LogP contribution is -2.07. The molecule has 0 fully saturated rings. The number of rotatable bonds is 7. The third-order valence-electron chi connectivity index (χ3n) is 2.63. The number of aromatic nitrogens is 2. The molecule has 0 spiro atoms.